The molecule has 0 bridgehead atoms. The number of pyridine rings is 1. The Morgan fingerprint density at radius 2 is 2.03 bits per heavy atom. The molecule has 9 nitrogen and oxygen atoms in total. The van der Waals surface area contributed by atoms with Gasteiger partial charge in [0.2, 0.25) is 10.0 Å². The molecule has 0 saturated heterocycles. The van der Waals surface area contributed by atoms with E-state index in [1.165, 1.54) is 26.3 Å². The molecule has 0 spiro atoms. The molecular weight excluding hydrogens is 544 g/mol. The summed E-state index contributed by atoms with van der Waals surface area (Å²) in [5, 5.41) is 21.7. The number of halogens is 2. The minimum Gasteiger partial charge on any atom is -0.494 e. The Balaban J connectivity index is 2.07. The van der Waals surface area contributed by atoms with Crippen molar-refractivity contribution >= 4 is 49.8 Å². The molecule has 1 heterocycles. The average molecular weight is 567 g/mol. The molecule has 0 amide bonds. The van der Waals surface area contributed by atoms with Crippen LogP contribution in [0.4, 0.5) is 21.6 Å². The van der Waals surface area contributed by atoms with Crippen LogP contribution in [0.25, 0.3) is 0 Å². The predicted octanol–water partition coefficient (Wildman–Crippen LogP) is 1.90. The van der Waals surface area contributed by atoms with E-state index < -0.39 is 38.9 Å². The van der Waals surface area contributed by atoms with E-state index in [1.54, 1.807) is 6.07 Å². The molecule has 1 aromatic heterocycles. The Kier molecular flexibility index (Phi) is 6.84. The van der Waals surface area contributed by atoms with E-state index in [1.807, 2.05) is 22.6 Å². The largest absolute Gasteiger partial charge is 0.494 e. The summed E-state index contributed by atoms with van der Waals surface area (Å²) >= 11 is 1.96. The van der Waals surface area contributed by atoms with Crippen LogP contribution in [0.5, 0.6) is 5.75 Å². The number of nitrogens with zero attached hydrogens (tertiary/aromatic N) is 1. The summed E-state index contributed by atoms with van der Waals surface area (Å²) in [7, 11) is -1.36. The molecule has 0 aliphatic heterocycles. The number of rotatable bonds is 9. The van der Waals surface area contributed by atoms with Crippen LogP contribution in [0, 0.1) is 9.39 Å². The highest BCUT2D eigenvalue weighted by molar-refractivity contribution is 14.1. The molecular formula is C19H23FIN3O6S. The molecule has 4 N–H and O–H groups in total. The monoisotopic (exact) mass is 567 g/mol. The lowest BCUT2D eigenvalue weighted by molar-refractivity contribution is 0.0858. The highest BCUT2D eigenvalue weighted by Gasteiger charge is 2.55. The third-order valence-corrected chi connectivity index (χ3v) is 8.10. The van der Waals surface area contributed by atoms with Crippen LogP contribution in [-0.2, 0) is 17.1 Å². The zero-order chi connectivity index (χ0) is 23.0. The van der Waals surface area contributed by atoms with Crippen LogP contribution < -0.4 is 20.3 Å². The maximum atomic E-state index is 14.4. The molecule has 12 heteroatoms. The summed E-state index contributed by atoms with van der Waals surface area (Å²) in [6.45, 7) is -0.556. The summed E-state index contributed by atoms with van der Waals surface area (Å²) in [5.74, 6) is -0.633. The summed E-state index contributed by atoms with van der Waals surface area (Å²) in [6.07, 6.45) is -0.703. The number of methoxy groups -OCH3 is 1. The fraction of sp³-hybridized carbons (Fsp3) is 0.421. The Morgan fingerprint density at radius 3 is 2.58 bits per heavy atom. The Hall–Kier alpha value is -1.90. The third kappa shape index (κ3) is 4.81. The topological polar surface area (TPSA) is 130 Å². The van der Waals surface area contributed by atoms with Crippen molar-refractivity contribution in [2.24, 2.45) is 7.05 Å². The molecule has 1 saturated carbocycles. The van der Waals surface area contributed by atoms with Crippen LogP contribution in [0.15, 0.2) is 29.1 Å². The number of hydrogen-bond donors (Lipinski definition) is 4. The highest BCUT2D eigenvalue weighted by Crippen LogP contribution is 2.49. The molecule has 1 unspecified atom stereocenters. The normalized spacial score (nSPS) is 15.9. The Morgan fingerprint density at radius 1 is 1.35 bits per heavy atom. The van der Waals surface area contributed by atoms with E-state index in [0.29, 0.717) is 16.4 Å². The van der Waals surface area contributed by atoms with Gasteiger partial charge in [0.1, 0.15) is 17.3 Å². The lowest BCUT2D eigenvalue weighted by Crippen LogP contribution is -2.35. The average Bonchev–Trinajstić information content (AvgIpc) is 3.50. The first-order valence-corrected chi connectivity index (χ1v) is 11.9. The second-order valence-electron chi connectivity index (χ2n) is 7.41. The minimum atomic E-state index is -4.05. The maximum Gasteiger partial charge on any atom is 0.255 e. The van der Waals surface area contributed by atoms with Gasteiger partial charge >= 0.3 is 0 Å². The summed E-state index contributed by atoms with van der Waals surface area (Å²) in [6, 6.07) is 5.54. The fourth-order valence-corrected chi connectivity index (χ4v) is 5.45. The lowest BCUT2D eigenvalue weighted by atomic mass is 10.2. The van der Waals surface area contributed by atoms with Gasteiger partial charge in [0.15, 0.2) is 5.75 Å². The summed E-state index contributed by atoms with van der Waals surface area (Å²) < 4.78 is 49.0. The van der Waals surface area contributed by atoms with Crippen molar-refractivity contribution in [2.45, 2.75) is 30.1 Å². The van der Waals surface area contributed by atoms with Gasteiger partial charge < -0.3 is 20.3 Å². The van der Waals surface area contributed by atoms with E-state index in [0.717, 1.165) is 10.6 Å². The Labute approximate surface area is 192 Å². The highest BCUT2D eigenvalue weighted by atomic mass is 127. The van der Waals surface area contributed by atoms with Crippen LogP contribution >= 0.6 is 22.6 Å². The Bertz CT molecular complexity index is 1150. The van der Waals surface area contributed by atoms with E-state index in [4.69, 9.17) is 9.84 Å². The predicted molar refractivity (Wildman–Crippen MR) is 123 cm³/mol. The quantitative estimate of drug-likeness (QED) is 0.341. The maximum absolute atomic E-state index is 14.4. The van der Waals surface area contributed by atoms with E-state index in [9.17, 15) is 22.7 Å². The van der Waals surface area contributed by atoms with Gasteiger partial charge in [0.05, 0.1) is 30.3 Å². The number of aliphatic hydroxyl groups is 2. The van der Waals surface area contributed by atoms with E-state index in [2.05, 4.69) is 10.0 Å². The lowest BCUT2D eigenvalue weighted by Gasteiger charge is -2.24. The molecule has 1 aliphatic carbocycles. The first-order valence-electron chi connectivity index (χ1n) is 9.35. The molecule has 0 radical (unpaired) electrons. The number of sulfonamides is 1. The van der Waals surface area contributed by atoms with Gasteiger partial charge in [-0.1, -0.05) is 0 Å². The second kappa shape index (κ2) is 8.92. The summed E-state index contributed by atoms with van der Waals surface area (Å²) in [4.78, 5) is 12.4. The van der Waals surface area contributed by atoms with Gasteiger partial charge in [0, 0.05) is 16.7 Å². The number of ether oxygens (including phenoxy) is 1. The minimum absolute atomic E-state index is 0.00783. The molecule has 2 aromatic rings. The first kappa shape index (κ1) is 23.8. The van der Waals surface area contributed by atoms with Gasteiger partial charge in [-0.15, -0.1) is 0 Å². The fourth-order valence-electron chi connectivity index (χ4n) is 3.26. The van der Waals surface area contributed by atoms with Crippen molar-refractivity contribution in [1.82, 2.24) is 4.57 Å². The summed E-state index contributed by atoms with van der Waals surface area (Å²) in [5.41, 5.74) is -0.515. The molecule has 1 aliphatic rings. The van der Waals surface area contributed by atoms with Crippen LogP contribution in [0.3, 0.4) is 0 Å². The standard InChI is InChI=1S/C19H23FIN3O6S/c1-24-16(27)8-15(30-2)17(18(24)22-14-4-3-11(21)7-13(14)20)23-31(28,29)19(5-6-19)9-12(26)10-25/h3-4,7-8,12,22-23,25-26H,5-6,9-10H2,1-2H3. The zero-order valence-corrected chi connectivity index (χ0v) is 19.8. The van der Waals surface area contributed by atoms with Crippen LogP contribution in [-0.4, -0.2) is 47.8 Å². The second-order valence-corrected chi connectivity index (χ2v) is 10.7. The number of aromatic nitrogens is 1. The number of aliphatic hydroxyl groups excluding tert-OH is 2. The van der Waals surface area contributed by atoms with Crippen molar-refractivity contribution in [1.29, 1.82) is 0 Å². The smallest absolute Gasteiger partial charge is 0.255 e. The van der Waals surface area contributed by atoms with Gasteiger partial charge in [-0.3, -0.25) is 14.1 Å². The number of benzene rings is 1. The van der Waals surface area contributed by atoms with E-state index >= 15 is 0 Å². The molecule has 170 valence electrons. The van der Waals surface area contributed by atoms with Crippen molar-refractivity contribution in [2.75, 3.05) is 23.8 Å². The van der Waals surface area contributed by atoms with Crippen molar-refractivity contribution in [3.63, 3.8) is 0 Å². The van der Waals surface area contributed by atoms with Crippen LogP contribution in [0.2, 0.25) is 0 Å². The first-order chi connectivity index (χ1) is 14.5. The van der Waals surface area contributed by atoms with Gasteiger partial charge in [-0.25, -0.2) is 12.8 Å². The van der Waals surface area contributed by atoms with Crippen molar-refractivity contribution in [3.05, 3.63) is 44.0 Å². The van der Waals surface area contributed by atoms with E-state index in [-0.39, 0.29) is 29.4 Å². The zero-order valence-electron chi connectivity index (χ0n) is 16.9. The van der Waals surface area contributed by atoms with Crippen molar-refractivity contribution < 1.29 is 27.8 Å². The molecule has 1 fully saturated rings. The third-order valence-electron chi connectivity index (χ3n) is 5.24. The molecule has 1 atom stereocenters. The van der Waals surface area contributed by atoms with Gasteiger partial charge in [-0.05, 0) is 60.1 Å². The molecule has 31 heavy (non-hydrogen) atoms. The van der Waals surface area contributed by atoms with Gasteiger partial charge in [0.25, 0.3) is 5.56 Å². The SMILES string of the molecule is COc1cc(=O)n(C)c(Nc2ccc(I)cc2F)c1NS(=O)(=O)C1(CC(O)CO)CC1. The van der Waals surface area contributed by atoms with Crippen LogP contribution in [0.1, 0.15) is 19.3 Å². The van der Waals surface area contributed by atoms with Gasteiger partial charge in [-0.2, -0.15) is 0 Å². The van der Waals surface area contributed by atoms with Crippen molar-refractivity contribution in [3.8, 4) is 5.75 Å². The molecule has 1 aromatic carbocycles. The number of hydrogen-bond acceptors (Lipinski definition) is 7. The number of anilines is 3. The number of nitrogens with one attached hydrogen (secondary N) is 2. The molecule has 3 rings (SSSR count).